The molecule has 2 heterocycles. The van der Waals surface area contributed by atoms with Crippen LogP contribution in [0.4, 0.5) is 0 Å². The van der Waals surface area contributed by atoms with Crippen LogP contribution < -0.4 is 14.2 Å². The van der Waals surface area contributed by atoms with Gasteiger partial charge in [0.25, 0.3) is 0 Å². The zero-order valence-corrected chi connectivity index (χ0v) is 12.2. The molecule has 1 fully saturated rings. The minimum Gasteiger partial charge on any atom is -0.497 e. The first-order valence-electron chi connectivity index (χ1n) is 6.91. The number of epoxide rings is 1. The van der Waals surface area contributed by atoms with Crippen LogP contribution in [0.15, 0.2) is 42.5 Å². The van der Waals surface area contributed by atoms with Crippen molar-refractivity contribution < 1.29 is 23.7 Å². The zero-order valence-electron chi connectivity index (χ0n) is 12.2. The van der Waals surface area contributed by atoms with Crippen LogP contribution >= 0.6 is 0 Å². The van der Waals surface area contributed by atoms with Gasteiger partial charge in [0.1, 0.15) is 17.2 Å². The highest BCUT2D eigenvalue weighted by molar-refractivity contribution is 6.08. The van der Waals surface area contributed by atoms with Crippen molar-refractivity contribution in [3.63, 3.8) is 0 Å². The molecule has 0 spiro atoms. The van der Waals surface area contributed by atoms with E-state index in [1.165, 1.54) is 0 Å². The number of ether oxygens (including phenoxy) is 4. The number of ketones is 1. The van der Waals surface area contributed by atoms with Gasteiger partial charge in [0.15, 0.2) is 0 Å². The molecule has 0 bridgehead atoms. The van der Waals surface area contributed by atoms with Crippen molar-refractivity contribution in [3.8, 4) is 17.2 Å². The lowest BCUT2D eigenvalue weighted by molar-refractivity contribution is 0.0862. The molecule has 4 rings (SSSR count). The van der Waals surface area contributed by atoms with Crippen molar-refractivity contribution in [2.75, 3.05) is 14.2 Å². The van der Waals surface area contributed by atoms with Crippen LogP contribution in [0, 0.1) is 0 Å². The molecule has 0 aromatic heterocycles. The summed E-state index contributed by atoms with van der Waals surface area (Å²) in [4.78, 5) is 12.9. The van der Waals surface area contributed by atoms with Crippen LogP contribution in [-0.2, 0) is 10.3 Å². The first kappa shape index (κ1) is 13.2. The molecule has 0 N–H and O–H groups in total. The van der Waals surface area contributed by atoms with Crippen LogP contribution in [0.25, 0.3) is 0 Å². The largest absolute Gasteiger partial charge is 0.497 e. The first-order chi connectivity index (χ1) is 10.7. The molecule has 22 heavy (non-hydrogen) atoms. The fraction of sp³-hybridized carbons (Fsp3) is 0.235. The molecule has 0 unspecified atom stereocenters. The van der Waals surface area contributed by atoms with E-state index in [0.29, 0.717) is 17.1 Å². The smallest absolute Gasteiger partial charge is 0.242 e. The number of Topliss-reactive ketones (excluding diaryl/α,β-unsaturated/α-hetero) is 1. The van der Waals surface area contributed by atoms with Gasteiger partial charge in [-0.25, -0.2) is 0 Å². The van der Waals surface area contributed by atoms with Gasteiger partial charge in [-0.15, -0.1) is 0 Å². The van der Waals surface area contributed by atoms with E-state index >= 15 is 0 Å². The number of hydrogen-bond acceptors (Lipinski definition) is 5. The van der Waals surface area contributed by atoms with E-state index in [1.807, 2.05) is 12.1 Å². The van der Waals surface area contributed by atoms with Gasteiger partial charge in [0.2, 0.25) is 17.7 Å². The normalized spacial score (nSPS) is 24.8. The van der Waals surface area contributed by atoms with Crippen LogP contribution in [0.5, 0.6) is 17.2 Å². The molecule has 0 amide bonds. The number of fused-ring (bicyclic) bond motifs is 2. The fourth-order valence-corrected chi connectivity index (χ4v) is 2.81. The highest BCUT2D eigenvalue weighted by Crippen LogP contribution is 2.54. The Morgan fingerprint density at radius 1 is 1.00 bits per heavy atom. The van der Waals surface area contributed by atoms with Crippen molar-refractivity contribution in [2.45, 2.75) is 11.9 Å². The molecule has 2 atom stereocenters. The Balaban J connectivity index is 1.74. The van der Waals surface area contributed by atoms with E-state index in [4.69, 9.17) is 18.9 Å². The summed E-state index contributed by atoms with van der Waals surface area (Å²) in [7, 11) is 3.17. The molecule has 5 nitrogen and oxygen atoms in total. The average Bonchev–Trinajstić information content (AvgIpc) is 3.30. The molecule has 2 aromatic rings. The Kier molecular flexibility index (Phi) is 2.68. The molecule has 0 aliphatic carbocycles. The van der Waals surface area contributed by atoms with Crippen molar-refractivity contribution in [1.29, 1.82) is 0 Å². The molecule has 0 radical (unpaired) electrons. The number of carbonyl (C=O) groups is 1. The van der Waals surface area contributed by atoms with E-state index in [2.05, 4.69) is 0 Å². The van der Waals surface area contributed by atoms with Gasteiger partial charge in [-0.3, -0.25) is 4.79 Å². The monoisotopic (exact) mass is 298 g/mol. The summed E-state index contributed by atoms with van der Waals surface area (Å²) in [5.41, 5.74) is 0.239. The molecule has 2 aliphatic rings. The molecule has 1 saturated heterocycles. The summed E-state index contributed by atoms with van der Waals surface area (Å²) < 4.78 is 21.7. The minimum absolute atomic E-state index is 0.0911. The van der Waals surface area contributed by atoms with Gasteiger partial charge < -0.3 is 18.9 Å². The second-order valence-electron chi connectivity index (χ2n) is 5.22. The van der Waals surface area contributed by atoms with E-state index < -0.39 is 11.9 Å². The number of methoxy groups -OCH3 is 2. The van der Waals surface area contributed by atoms with Crippen LogP contribution in [0.1, 0.15) is 15.9 Å². The van der Waals surface area contributed by atoms with Crippen LogP contribution in [0.2, 0.25) is 0 Å². The minimum atomic E-state index is -1.03. The third-order valence-corrected chi connectivity index (χ3v) is 4.09. The lowest BCUT2D eigenvalue weighted by atomic mass is 9.88. The van der Waals surface area contributed by atoms with Crippen LogP contribution in [0.3, 0.4) is 0 Å². The predicted octanol–water partition coefficient (Wildman–Crippen LogP) is 2.53. The highest BCUT2D eigenvalue weighted by Gasteiger charge is 2.68. The molecular weight excluding hydrogens is 284 g/mol. The highest BCUT2D eigenvalue weighted by atomic mass is 16.8. The number of benzene rings is 2. The van der Waals surface area contributed by atoms with E-state index in [1.54, 1.807) is 44.6 Å². The Labute approximate surface area is 127 Å². The van der Waals surface area contributed by atoms with Gasteiger partial charge in [-0.2, -0.15) is 0 Å². The maximum Gasteiger partial charge on any atom is 0.242 e. The lowest BCUT2D eigenvalue weighted by Crippen LogP contribution is -2.31. The fourth-order valence-electron chi connectivity index (χ4n) is 2.81. The zero-order chi connectivity index (χ0) is 15.3. The van der Waals surface area contributed by atoms with E-state index in [9.17, 15) is 4.79 Å². The summed E-state index contributed by atoms with van der Waals surface area (Å²) in [6.45, 7) is 0. The predicted molar refractivity (Wildman–Crippen MR) is 77.5 cm³/mol. The quantitative estimate of drug-likeness (QED) is 0.815. The second kappa shape index (κ2) is 4.48. The van der Waals surface area contributed by atoms with Gasteiger partial charge in [0, 0.05) is 6.07 Å². The molecule has 5 heteroatoms. The summed E-state index contributed by atoms with van der Waals surface area (Å²) in [6.07, 6.45) is -0.590. The summed E-state index contributed by atoms with van der Waals surface area (Å²) in [5.74, 6) is 1.78. The maximum absolute atomic E-state index is 12.9. The standard InChI is InChI=1S/C17H14O5/c1-19-11-5-3-10(4-6-11)17-15(18)13-8-7-12(20-2)9-14(13)21-16(17)22-17/h3-9,16H,1-2H3/t16-,17-/m1/s1. The van der Waals surface area contributed by atoms with E-state index in [0.717, 1.165) is 11.3 Å². The lowest BCUT2D eigenvalue weighted by Gasteiger charge is -2.20. The van der Waals surface area contributed by atoms with Gasteiger partial charge >= 0.3 is 0 Å². The Morgan fingerprint density at radius 3 is 2.36 bits per heavy atom. The van der Waals surface area contributed by atoms with Gasteiger partial charge in [-0.05, 0) is 29.8 Å². The van der Waals surface area contributed by atoms with Gasteiger partial charge in [0.05, 0.1) is 19.8 Å². The topological polar surface area (TPSA) is 57.3 Å². The summed E-state index contributed by atoms with van der Waals surface area (Å²) in [5, 5.41) is 0. The Morgan fingerprint density at radius 2 is 1.68 bits per heavy atom. The molecule has 2 aliphatic heterocycles. The summed E-state index contributed by atoms with van der Waals surface area (Å²) >= 11 is 0. The third kappa shape index (κ3) is 1.66. The molecule has 112 valence electrons. The Hall–Kier alpha value is -2.53. The van der Waals surface area contributed by atoms with Crippen molar-refractivity contribution in [1.82, 2.24) is 0 Å². The second-order valence-corrected chi connectivity index (χ2v) is 5.22. The van der Waals surface area contributed by atoms with Gasteiger partial charge in [-0.1, -0.05) is 12.1 Å². The number of rotatable bonds is 3. The SMILES string of the molecule is COc1ccc([C@]23O[C@H]2Oc2cc(OC)ccc2C3=O)cc1. The van der Waals surface area contributed by atoms with Crippen molar-refractivity contribution in [2.24, 2.45) is 0 Å². The van der Waals surface area contributed by atoms with E-state index in [-0.39, 0.29) is 5.78 Å². The molecule has 2 aromatic carbocycles. The maximum atomic E-state index is 12.9. The summed E-state index contributed by atoms with van der Waals surface area (Å²) in [6, 6.07) is 12.4. The number of carbonyl (C=O) groups excluding carboxylic acids is 1. The van der Waals surface area contributed by atoms with Crippen molar-refractivity contribution >= 4 is 5.78 Å². The average molecular weight is 298 g/mol. The molecule has 0 saturated carbocycles. The number of hydrogen-bond donors (Lipinski definition) is 0. The van der Waals surface area contributed by atoms with Crippen LogP contribution in [-0.4, -0.2) is 26.3 Å². The Bertz CT molecular complexity index is 752. The molecular formula is C17H14O5. The third-order valence-electron chi connectivity index (χ3n) is 4.09. The van der Waals surface area contributed by atoms with Crippen molar-refractivity contribution in [3.05, 3.63) is 53.6 Å². The first-order valence-corrected chi connectivity index (χ1v) is 6.91.